The van der Waals surface area contributed by atoms with E-state index in [2.05, 4.69) is 20.5 Å². The second-order valence-corrected chi connectivity index (χ2v) is 5.77. The molecule has 1 saturated heterocycles. The minimum atomic E-state index is -0.224. The quantitative estimate of drug-likeness (QED) is 0.892. The maximum absolute atomic E-state index is 12.3. The third-order valence-corrected chi connectivity index (χ3v) is 4.30. The van der Waals surface area contributed by atoms with Crippen molar-refractivity contribution in [1.82, 2.24) is 4.98 Å². The lowest BCUT2D eigenvalue weighted by molar-refractivity contribution is -0.117. The van der Waals surface area contributed by atoms with Crippen molar-refractivity contribution in [3.05, 3.63) is 48.3 Å². The first-order valence-electron chi connectivity index (χ1n) is 7.65. The fraction of sp³-hybridized carbons (Fsp3) is 0.235. The molecule has 6 nitrogen and oxygen atoms in total. The molecule has 2 aromatic rings. The van der Waals surface area contributed by atoms with Gasteiger partial charge in [0.1, 0.15) is 6.04 Å². The predicted molar refractivity (Wildman–Crippen MR) is 87.6 cm³/mol. The lowest BCUT2D eigenvalue weighted by Crippen LogP contribution is -2.43. The number of benzene rings is 1. The highest BCUT2D eigenvalue weighted by molar-refractivity contribution is 6.08. The molecule has 6 heteroatoms. The Morgan fingerprint density at radius 1 is 1.35 bits per heavy atom. The fourth-order valence-corrected chi connectivity index (χ4v) is 3.21. The van der Waals surface area contributed by atoms with Gasteiger partial charge in [-0.15, -0.1) is 0 Å². The first-order valence-corrected chi connectivity index (χ1v) is 7.65. The summed E-state index contributed by atoms with van der Waals surface area (Å²) in [5.41, 5.74) is 2.83. The summed E-state index contributed by atoms with van der Waals surface area (Å²) in [4.78, 5) is 30.6. The summed E-state index contributed by atoms with van der Waals surface area (Å²) in [7, 11) is 0. The first-order chi connectivity index (χ1) is 11.2. The Labute approximate surface area is 133 Å². The van der Waals surface area contributed by atoms with E-state index in [0.29, 0.717) is 16.9 Å². The summed E-state index contributed by atoms with van der Waals surface area (Å²) in [6.07, 6.45) is 5.14. The van der Waals surface area contributed by atoms with E-state index >= 15 is 0 Å². The second-order valence-electron chi connectivity index (χ2n) is 5.77. The second kappa shape index (κ2) is 5.39. The highest BCUT2D eigenvalue weighted by atomic mass is 16.2. The molecule has 0 radical (unpaired) electrons. The number of carbonyl (C=O) groups is 2. The van der Waals surface area contributed by atoms with E-state index in [9.17, 15) is 9.59 Å². The number of anilines is 3. The lowest BCUT2D eigenvalue weighted by Gasteiger charge is -2.33. The Balaban J connectivity index is 1.61. The van der Waals surface area contributed by atoms with Gasteiger partial charge in [-0.05, 0) is 43.2 Å². The number of hydrogen-bond donors (Lipinski definition) is 2. The van der Waals surface area contributed by atoms with Crippen LogP contribution in [0, 0.1) is 0 Å². The van der Waals surface area contributed by atoms with Gasteiger partial charge in [-0.1, -0.05) is 0 Å². The number of rotatable bonds is 2. The zero-order chi connectivity index (χ0) is 15.8. The van der Waals surface area contributed by atoms with E-state index in [1.165, 1.54) is 0 Å². The summed E-state index contributed by atoms with van der Waals surface area (Å²) in [5, 5.41) is 5.71. The number of nitrogens with zero attached hydrogens (tertiary/aromatic N) is 2. The number of carbonyl (C=O) groups excluding carboxylic acids is 2. The maximum atomic E-state index is 12.3. The number of amides is 2. The van der Waals surface area contributed by atoms with Crippen LogP contribution in [0.4, 0.5) is 17.1 Å². The molecule has 4 rings (SSSR count). The number of hydrogen-bond acceptors (Lipinski definition) is 4. The zero-order valence-corrected chi connectivity index (χ0v) is 12.5. The van der Waals surface area contributed by atoms with Gasteiger partial charge < -0.3 is 15.5 Å². The van der Waals surface area contributed by atoms with Gasteiger partial charge in [0.05, 0.1) is 23.3 Å². The number of aromatic nitrogens is 1. The molecule has 2 aliphatic rings. The Morgan fingerprint density at radius 2 is 2.26 bits per heavy atom. The molecular weight excluding hydrogens is 292 g/mol. The smallest absolute Gasteiger partial charge is 0.255 e. The van der Waals surface area contributed by atoms with Gasteiger partial charge in [-0.25, -0.2) is 0 Å². The van der Waals surface area contributed by atoms with Crippen molar-refractivity contribution >= 4 is 28.9 Å². The van der Waals surface area contributed by atoms with Crippen molar-refractivity contribution in [2.75, 3.05) is 22.1 Å². The minimum Gasteiger partial charge on any atom is -0.358 e. The van der Waals surface area contributed by atoms with Crippen LogP contribution in [0.15, 0.2) is 42.7 Å². The molecule has 0 spiro atoms. The molecule has 1 atom stereocenters. The highest BCUT2D eigenvalue weighted by Gasteiger charge is 2.36. The summed E-state index contributed by atoms with van der Waals surface area (Å²) >= 11 is 0. The van der Waals surface area contributed by atoms with Crippen molar-refractivity contribution in [3.63, 3.8) is 0 Å². The van der Waals surface area contributed by atoms with Crippen LogP contribution in [0.2, 0.25) is 0 Å². The van der Waals surface area contributed by atoms with Crippen molar-refractivity contribution in [3.8, 4) is 0 Å². The van der Waals surface area contributed by atoms with Crippen molar-refractivity contribution in [2.24, 2.45) is 0 Å². The van der Waals surface area contributed by atoms with Gasteiger partial charge >= 0.3 is 0 Å². The summed E-state index contributed by atoms with van der Waals surface area (Å²) in [6, 6.07) is 8.89. The fourth-order valence-electron chi connectivity index (χ4n) is 3.21. The van der Waals surface area contributed by atoms with Crippen LogP contribution in [-0.2, 0) is 4.79 Å². The molecule has 1 unspecified atom stereocenters. The normalized spacial score (nSPS) is 18.9. The molecule has 116 valence electrons. The van der Waals surface area contributed by atoms with Gasteiger partial charge in [0.25, 0.3) is 5.91 Å². The Hall–Kier alpha value is -2.89. The SMILES string of the molecule is O=C(Nc1cccnc1)c1ccc2c(c1)NC(=O)C1CCCN21. The standard InChI is InChI=1S/C17H16N4O2/c22-16(19-12-3-1-7-18-10-12)11-5-6-14-13(9-11)20-17(23)15-4-2-8-21(14)15/h1,3,5-7,9-10,15H,2,4,8H2,(H,19,22)(H,20,23). The van der Waals surface area contributed by atoms with Crippen molar-refractivity contribution in [1.29, 1.82) is 0 Å². The summed E-state index contributed by atoms with van der Waals surface area (Å²) < 4.78 is 0. The van der Waals surface area contributed by atoms with Gasteiger partial charge in [-0.3, -0.25) is 14.6 Å². The third kappa shape index (κ3) is 2.42. The number of fused-ring (bicyclic) bond motifs is 3. The molecule has 0 bridgehead atoms. The first kappa shape index (κ1) is 13.8. The summed E-state index contributed by atoms with van der Waals surface area (Å²) in [5.74, 6) is -0.210. The Morgan fingerprint density at radius 3 is 3.09 bits per heavy atom. The lowest BCUT2D eigenvalue weighted by atomic mass is 10.1. The van der Waals surface area contributed by atoms with Crippen molar-refractivity contribution in [2.45, 2.75) is 18.9 Å². The minimum absolute atomic E-state index is 0.0137. The van der Waals surface area contributed by atoms with Gasteiger partial charge in [0.15, 0.2) is 0 Å². The van der Waals surface area contributed by atoms with E-state index < -0.39 is 0 Å². The topological polar surface area (TPSA) is 74.3 Å². The van der Waals surface area contributed by atoms with Crippen LogP contribution in [0.1, 0.15) is 23.2 Å². The molecule has 2 N–H and O–H groups in total. The summed E-state index contributed by atoms with van der Waals surface area (Å²) in [6.45, 7) is 0.881. The number of pyridine rings is 1. The van der Waals surface area contributed by atoms with Crippen LogP contribution in [-0.4, -0.2) is 29.4 Å². The van der Waals surface area contributed by atoms with Crippen LogP contribution in [0.5, 0.6) is 0 Å². The average Bonchev–Trinajstić information content (AvgIpc) is 3.06. The Bertz CT molecular complexity index is 775. The number of nitrogens with one attached hydrogen (secondary N) is 2. The highest BCUT2D eigenvalue weighted by Crippen LogP contribution is 2.37. The largest absolute Gasteiger partial charge is 0.358 e. The third-order valence-electron chi connectivity index (χ3n) is 4.30. The van der Waals surface area contributed by atoms with Crippen LogP contribution in [0.25, 0.3) is 0 Å². The predicted octanol–water partition coefficient (Wildman–Crippen LogP) is 2.25. The Kier molecular flexibility index (Phi) is 3.22. The molecule has 1 aromatic carbocycles. The zero-order valence-electron chi connectivity index (χ0n) is 12.5. The molecule has 2 amide bonds. The molecule has 1 fully saturated rings. The maximum Gasteiger partial charge on any atom is 0.255 e. The van der Waals surface area contributed by atoms with E-state index in [0.717, 1.165) is 25.1 Å². The van der Waals surface area contributed by atoms with E-state index in [1.807, 2.05) is 6.07 Å². The monoisotopic (exact) mass is 308 g/mol. The molecule has 2 aliphatic heterocycles. The molecule has 0 aliphatic carbocycles. The molecule has 3 heterocycles. The van der Waals surface area contributed by atoms with Gasteiger partial charge in [-0.2, -0.15) is 0 Å². The van der Waals surface area contributed by atoms with Gasteiger partial charge in [0, 0.05) is 18.3 Å². The van der Waals surface area contributed by atoms with E-state index in [4.69, 9.17) is 0 Å². The van der Waals surface area contributed by atoms with E-state index in [-0.39, 0.29) is 17.9 Å². The molecule has 23 heavy (non-hydrogen) atoms. The molecule has 1 aromatic heterocycles. The van der Waals surface area contributed by atoms with Crippen LogP contribution < -0.4 is 15.5 Å². The van der Waals surface area contributed by atoms with Crippen molar-refractivity contribution < 1.29 is 9.59 Å². The van der Waals surface area contributed by atoms with Crippen LogP contribution >= 0.6 is 0 Å². The average molecular weight is 308 g/mol. The van der Waals surface area contributed by atoms with E-state index in [1.54, 1.807) is 36.7 Å². The van der Waals surface area contributed by atoms with Crippen LogP contribution in [0.3, 0.4) is 0 Å². The van der Waals surface area contributed by atoms with Gasteiger partial charge in [0.2, 0.25) is 5.91 Å². The molecular formula is C17H16N4O2. The molecule has 0 saturated carbocycles.